The zero-order valence-corrected chi connectivity index (χ0v) is 14.8. The standard InChI is InChI=1S/C20H14F3N5O/c21-20(22,23)14-4-1-3-13(11-14)16-5-2-6-17-26-19(27-28(16)17)25-15-9-7-12(8-10-15)18(24)29/h1-11H,(H2,24,29)(H,25,27). The second kappa shape index (κ2) is 6.93. The van der Waals surface area contributed by atoms with Gasteiger partial charge in [0.2, 0.25) is 11.9 Å². The van der Waals surface area contributed by atoms with Gasteiger partial charge >= 0.3 is 6.18 Å². The zero-order chi connectivity index (χ0) is 20.6. The molecule has 2 aromatic heterocycles. The molecule has 1 amide bonds. The van der Waals surface area contributed by atoms with Gasteiger partial charge in [-0.1, -0.05) is 18.2 Å². The lowest BCUT2D eigenvalue weighted by Crippen LogP contribution is -2.10. The number of amides is 1. The predicted octanol–water partition coefficient (Wildman–Crippen LogP) is 4.26. The molecule has 0 aliphatic heterocycles. The van der Waals surface area contributed by atoms with Crippen molar-refractivity contribution in [1.29, 1.82) is 0 Å². The second-order valence-corrected chi connectivity index (χ2v) is 6.26. The van der Waals surface area contributed by atoms with Gasteiger partial charge in [-0.15, -0.1) is 5.10 Å². The molecule has 29 heavy (non-hydrogen) atoms. The molecule has 146 valence electrons. The van der Waals surface area contributed by atoms with Gasteiger partial charge in [-0.05, 0) is 48.5 Å². The molecule has 0 saturated carbocycles. The average molecular weight is 397 g/mol. The van der Waals surface area contributed by atoms with Crippen LogP contribution in [0.25, 0.3) is 16.9 Å². The Morgan fingerprint density at radius 3 is 2.41 bits per heavy atom. The topological polar surface area (TPSA) is 85.3 Å². The van der Waals surface area contributed by atoms with Crippen molar-refractivity contribution in [3.63, 3.8) is 0 Å². The molecule has 9 heteroatoms. The molecule has 0 bridgehead atoms. The smallest absolute Gasteiger partial charge is 0.366 e. The lowest BCUT2D eigenvalue weighted by molar-refractivity contribution is -0.137. The van der Waals surface area contributed by atoms with Gasteiger partial charge in [0.05, 0.1) is 11.3 Å². The SMILES string of the molecule is NC(=O)c1ccc(Nc2nc3cccc(-c4cccc(C(F)(F)F)c4)n3n2)cc1. The molecule has 4 rings (SSSR count). The minimum Gasteiger partial charge on any atom is -0.366 e. The maximum absolute atomic E-state index is 13.0. The number of nitrogens with one attached hydrogen (secondary N) is 1. The number of carbonyl (C=O) groups is 1. The van der Waals surface area contributed by atoms with Crippen molar-refractivity contribution in [2.24, 2.45) is 5.73 Å². The molecule has 2 aromatic carbocycles. The molecule has 0 fully saturated rings. The number of halogens is 3. The molecule has 0 radical (unpaired) electrons. The number of nitrogens with zero attached hydrogens (tertiary/aromatic N) is 3. The molecule has 0 aliphatic rings. The molecule has 3 N–H and O–H groups in total. The van der Waals surface area contributed by atoms with Gasteiger partial charge in [0.1, 0.15) is 0 Å². The van der Waals surface area contributed by atoms with Crippen LogP contribution in [0.2, 0.25) is 0 Å². The Kier molecular flexibility index (Phi) is 4.42. The minimum absolute atomic E-state index is 0.260. The first-order valence-corrected chi connectivity index (χ1v) is 8.51. The van der Waals surface area contributed by atoms with Crippen molar-refractivity contribution >= 4 is 23.2 Å². The number of aromatic nitrogens is 3. The van der Waals surface area contributed by atoms with E-state index in [1.165, 1.54) is 10.6 Å². The van der Waals surface area contributed by atoms with Gasteiger partial charge in [-0.3, -0.25) is 4.79 Å². The summed E-state index contributed by atoms with van der Waals surface area (Å²) in [5, 5.41) is 7.35. The summed E-state index contributed by atoms with van der Waals surface area (Å²) in [6, 6.07) is 16.5. The lowest BCUT2D eigenvalue weighted by Gasteiger charge is -2.09. The number of carbonyl (C=O) groups excluding carboxylic acids is 1. The Balaban J connectivity index is 1.70. The predicted molar refractivity (Wildman–Crippen MR) is 102 cm³/mol. The first-order valence-electron chi connectivity index (χ1n) is 8.51. The Bertz CT molecular complexity index is 1200. The number of pyridine rings is 1. The van der Waals surface area contributed by atoms with Gasteiger partial charge in [0, 0.05) is 16.8 Å². The Labute approximate surface area is 162 Å². The molecular weight excluding hydrogens is 383 g/mol. The Morgan fingerprint density at radius 2 is 1.72 bits per heavy atom. The average Bonchev–Trinajstić information content (AvgIpc) is 3.10. The van der Waals surface area contributed by atoms with Crippen molar-refractivity contribution < 1.29 is 18.0 Å². The van der Waals surface area contributed by atoms with Crippen LogP contribution in [0.3, 0.4) is 0 Å². The van der Waals surface area contributed by atoms with E-state index >= 15 is 0 Å². The number of alkyl halides is 3. The summed E-state index contributed by atoms with van der Waals surface area (Å²) < 4.78 is 40.6. The van der Waals surface area contributed by atoms with Gasteiger partial charge in [-0.2, -0.15) is 18.2 Å². The number of fused-ring (bicyclic) bond motifs is 1. The van der Waals surface area contributed by atoms with Gasteiger partial charge in [0.25, 0.3) is 0 Å². The van der Waals surface area contributed by atoms with Crippen LogP contribution in [-0.2, 0) is 6.18 Å². The minimum atomic E-state index is -4.43. The van der Waals surface area contributed by atoms with E-state index in [2.05, 4.69) is 15.4 Å². The van der Waals surface area contributed by atoms with Crippen LogP contribution in [0.15, 0.2) is 66.7 Å². The highest BCUT2D eigenvalue weighted by Crippen LogP contribution is 2.32. The second-order valence-electron chi connectivity index (χ2n) is 6.26. The molecule has 0 aliphatic carbocycles. The third-order valence-corrected chi connectivity index (χ3v) is 4.27. The summed E-state index contributed by atoms with van der Waals surface area (Å²) in [7, 11) is 0. The monoisotopic (exact) mass is 397 g/mol. The third kappa shape index (κ3) is 3.75. The Hall–Kier alpha value is -3.88. The fourth-order valence-corrected chi connectivity index (χ4v) is 2.88. The van der Waals surface area contributed by atoms with E-state index < -0.39 is 17.6 Å². The third-order valence-electron chi connectivity index (χ3n) is 4.27. The summed E-state index contributed by atoms with van der Waals surface area (Å²) in [5.41, 5.74) is 6.79. The molecule has 0 unspecified atom stereocenters. The number of rotatable bonds is 4. The highest BCUT2D eigenvalue weighted by Gasteiger charge is 2.30. The lowest BCUT2D eigenvalue weighted by atomic mass is 10.1. The van der Waals surface area contributed by atoms with Gasteiger partial charge in [0.15, 0.2) is 5.65 Å². The Morgan fingerprint density at radius 1 is 1.00 bits per heavy atom. The highest BCUT2D eigenvalue weighted by molar-refractivity contribution is 5.93. The molecule has 0 atom stereocenters. The quantitative estimate of drug-likeness (QED) is 0.539. The maximum Gasteiger partial charge on any atom is 0.416 e. The van der Waals surface area contributed by atoms with Crippen LogP contribution >= 0.6 is 0 Å². The van der Waals surface area contributed by atoms with Crippen LogP contribution in [0, 0.1) is 0 Å². The van der Waals surface area contributed by atoms with E-state index in [0.29, 0.717) is 28.2 Å². The number of nitrogens with two attached hydrogens (primary N) is 1. The number of hydrogen-bond acceptors (Lipinski definition) is 4. The molecule has 0 saturated heterocycles. The molecular formula is C20H14F3N5O. The van der Waals surface area contributed by atoms with Crippen molar-refractivity contribution in [2.45, 2.75) is 6.18 Å². The summed E-state index contributed by atoms with van der Waals surface area (Å²) in [6.07, 6.45) is -4.43. The molecule has 0 spiro atoms. The van der Waals surface area contributed by atoms with Gasteiger partial charge in [-0.25, -0.2) is 4.52 Å². The molecule has 6 nitrogen and oxygen atoms in total. The van der Waals surface area contributed by atoms with Crippen LogP contribution in [-0.4, -0.2) is 20.5 Å². The number of primary amides is 1. The number of anilines is 2. The van der Waals surface area contributed by atoms with E-state index in [0.717, 1.165) is 12.1 Å². The van der Waals surface area contributed by atoms with Crippen molar-refractivity contribution in [3.8, 4) is 11.3 Å². The van der Waals surface area contributed by atoms with Crippen LogP contribution < -0.4 is 11.1 Å². The largest absolute Gasteiger partial charge is 0.416 e. The van der Waals surface area contributed by atoms with E-state index in [1.807, 2.05) is 0 Å². The molecule has 4 aromatic rings. The van der Waals surface area contributed by atoms with Crippen molar-refractivity contribution in [3.05, 3.63) is 77.9 Å². The van der Waals surface area contributed by atoms with Gasteiger partial charge < -0.3 is 11.1 Å². The number of benzene rings is 2. The summed E-state index contributed by atoms with van der Waals surface area (Å²) in [4.78, 5) is 15.5. The fourth-order valence-electron chi connectivity index (χ4n) is 2.88. The first kappa shape index (κ1) is 18.5. The van der Waals surface area contributed by atoms with E-state index in [1.54, 1.807) is 48.5 Å². The zero-order valence-electron chi connectivity index (χ0n) is 14.8. The van der Waals surface area contributed by atoms with Crippen molar-refractivity contribution in [2.75, 3.05) is 5.32 Å². The van der Waals surface area contributed by atoms with Crippen LogP contribution in [0.4, 0.5) is 24.8 Å². The summed E-state index contributed by atoms with van der Waals surface area (Å²) >= 11 is 0. The van der Waals surface area contributed by atoms with Crippen LogP contribution in [0.1, 0.15) is 15.9 Å². The van der Waals surface area contributed by atoms with Crippen LogP contribution in [0.5, 0.6) is 0 Å². The maximum atomic E-state index is 13.0. The molecule has 2 heterocycles. The fraction of sp³-hybridized carbons (Fsp3) is 0.0500. The van der Waals surface area contributed by atoms with E-state index in [-0.39, 0.29) is 5.95 Å². The summed E-state index contributed by atoms with van der Waals surface area (Å²) in [6.45, 7) is 0. The van der Waals surface area contributed by atoms with E-state index in [4.69, 9.17) is 5.73 Å². The first-order chi connectivity index (χ1) is 13.8. The van der Waals surface area contributed by atoms with Crippen molar-refractivity contribution in [1.82, 2.24) is 14.6 Å². The number of hydrogen-bond donors (Lipinski definition) is 2. The van der Waals surface area contributed by atoms with E-state index in [9.17, 15) is 18.0 Å². The summed E-state index contributed by atoms with van der Waals surface area (Å²) in [5.74, 6) is -0.274. The normalized spacial score (nSPS) is 11.6. The highest BCUT2D eigenvalue weighted by atomic mass is 19.4.